The van der Waals surface area contributed by atoms with Crippen LogP contribution in [-0.2, 0) is 0 Å². The van der Waals surface area contributed by atoms with Gasteiger partial charge in [-0.25, -0.2) is 13.2 Å². The lowest BCUT2D eigenvalue weighted by atomic mass is 9.77. The molecule has 3 rings (SSSR count). The van der Waals surface area contributed by atoms with E-state index < -0.39 is 12.1 Å². The Morgan fingerprint density at radius 2 is 1.31 bits per heavy atom. The molecule has 3 heteroatoms. The molecule has 2 aromatic rings. The van der Waals surface area contributed by atoms with E-state index in [4.69, 9.17) is 0 Å². The predicted molar refractivity (Wildman–Crippen MR) is 129 cm³/mol. The molecule has 1 atom stereocenters. The molecule has 1 saturated carbocycles. The van der Waals surface area contributed by atoms with Crippen LogP contribution in [0.3, 0.4) is 0 Å². The first kappa shape index (κ1) is 24.9. The van der Waals surface area contributed by atoms with Gasteiger partial charge in [0.15, 0.2) is 6.17 Å². The van der Waals surface area contributed by atoms with E-state index in [9.17, 15) is 13.2 Å². The summed E-state index contributed by atoms with van der Waals surface area (Å²) in [7, 11) is 0. The van der Waals surface area contributed by atoms with Gasteiger partial charge in [-0.3, -0.25) is 0 Å². The normalized spacial score (nSPS) is 20.3. The van der Waals surface area contributed by atoms with Crippen LogP contribution < -0.4 is 0 Å². The Bertz CT molecular complexity index is 781. The van der Waals surface area contributed by atoms with E-state index in [0.717, 1.165) is 17.0 Å². The SMILES string of the molecule is CCCCCCCCC1CCC(c2ccc(-c3ccc(C(F)C(C)(F)F)cc3)cc2)CC1. The predicted octanol–water partition coefficient (Wildman–Crippen LogP) is 10.0. The molecular formula is C29H39F3. The van der Waals surface area contributed by atoms with Crippen molar-refractivity contribution in [2.75, 3.05) is 0 Å². The number of halogens is 3. The fourth-order valence-electron chi connectivity index (χ4n) is 5.08. The summed E-state index contributed by atoms with van der Waals surface area (Å²) in [6.45, 7) is 2.89. The summed E-state index contributed by atoms with van der Waals surface area (Å²) < 4.78 is 40.3. The van der Waals surface area contributed by atoms with E-state index in [1.54, 1.807) is 12.1 Å². The van der Waals surface area contributed by atoms with Crippen LogP contribution in [0.15, 0.2) is 48.5 Å². The highest BCUT2D eigenvalue weighted by atomic mass is 19.3. The first-order valence-electron chi connectivity index (χ1n) is 12.6. The van der Waals surface area contributed by atoms with Gasteiger partial charge in [-0.15, -0.1) is 0 Å². The number of hydrogen-bond acceptors (Lipinski definition) is 0. The molecule has 0 saturated heterocycles. The summed E-state index contributed by atoms with van der Waals surface area (Å²) in [6, 6.07) is 15.0. The summed E-state index contributed by atoms with van der Waals surface area (Å²) in [5.41, 5.74) is 3.39. The molecule has 1 aliphatic carbocycles. The maximum absolute atomic E-state index is 13.8. The van der Waals surface area contributed by atoms with Gasteiger partial charge in [0.1, 0.15) is 0 Å². The van der Waals surface area contributed by atoms with Crippen LogP contribution in [0.4, 0.5) is 13.2 Å². The number of unbranched alkanes of at least 4 members (excludes halogenated alkanes) is 5. The third kappa shape index (κ3) is 7.12. The molecule has 0 radical (unpaired) electrons. The van der Waals surface area contributed by atoms with Crippen molar-refractivity contribution in [1.29, 1.82) is 0 Å². The monoisotopic (exact) mass is 444 g/mol. The number of benzene rings is 2. The number of alkyl halides is 3. The summed E-state index contributed by atoms with van der Waals surface area (Å²) in [5.74, 6) is -1.81. The van der Waals surface area contributed by atoms with E-state index in [1.807, 2.05) is 0 Å². The van der Waals surface area contributed by atoms with Gasteiger partial charge in [-0.05, 0) is 59.8 Å². The van der Waals surface area contributed by atoms with Gasteiger partial charge < -0.3 is 0 Å². The van der Waals surface area contributed by atoms with Crippen molar-refractivity contribution in [3.05, 3.63) is 59.7 Å². The third-order valence-corrected chi connectivity index (χ3v) is 7.18. The van der Waals surface area contributed by atoms with E-state index in [1.165, 1.54) is 88.3 Å². The highest BCUT2D eigenvalue weighted by Crippen LogP contribution is 2.39. The van der Waals surface area contributed by atoms with Crippen molar-refractivity contribution >= 4 is 0 Å². The number of rotatable bonds is 11. The molecule has 0 aliphatic heterocycles. The molecule has 176 valence electrons. The van der Waals surface area contributed by atoms with Crippen molar-refractivity contribution in [3.8, 4) is 11.1 Å². The van der Waals surface area contributed by atoms with Crippen LogP contribution in [-0.4, -0.2) is 5.92 Å². The van der Waals surface area contributed by atoms with E-state index in [0.29, 0.717) is 12.8 Å². The van der Waals surface area contributed by atoms with Crippen LogP contribution in [0.1, 0.15) is 108 Å². The van der Waals surface area contributed by atoms with Crippen molar-refractivity contribution in [2.24, 2.45) is 5.92 Å². The van der Waals surface area contributed by atoms with E-state index >= 15 is 0 Å². The average Bonchev–Trinajstić information content (AvgIpc) is 2.81. The summed E-state index contributed by atoms with van der Waals surface area (Å²) >= 11 is 0. The molecule has 2 aromatic carbocycles. The fraction of sp³-hybridized carbons (Fsp3) is 0.586. The van der Waals surface area contributed by atoms with Gasteiger partial charge in [-0.2, -0.15) is 0 Å². The molecule has 0 nitrogen and oxygen atoms in total. The Morgan fingerprint density at radius 1 is 0.781 bits per heavy atom. The van der Waals surface area contributed by atoms with Crippen LogP contribution in [0, 0.1) is 5.92 Å². The first-order chi connectivity index (χ1) is 15.4. The molecule has 0 spiro atoms. The molecule has 32 heavy (non-hydrogen) atoms. The zero-order valence-electron chi connectivity index (χ0n) is 19.8. The van der Waals surface area contributed by atoms with Gasteiger partial charge in [-0.1, -0.05) is 100 Å². The smallest absolute Gasteiger partial charge is 0.236 e. The zero-order chi connectivity index (χ0) is 23.0. The van der Waals surface area contributed by atoms with Gasteiger partial charge >= 0.3 is 0 Å². The molecule has 0 N–H and O–H groups in total. The van der Waals surface area contributed by atoms with Crippen LogP contribution in [0.25, 0.3) is 11.1 Å². The largest absolute Gasteiger partial charge is 0.280 e. The van der Waals surface area contributed by atoms with Crippen LogP contribution in [0.2, 0.25) is 0 Å². The lowest BCUT2D eigenvalue weighted by Crippen LogP contribution is -2.18. The molecule has 0 aromatic heterocycles. The minimum atomic E-state index is -3.36. The van der Waals surface area contributed by atoms with Crippen LogP contribution >= 0.6 is 0 Å². The molecule has 1 unspecified atom stereocenters. The van der Waals surface area contributed by atoms with Gasteiger partial charge in [0.05, 0.1) is 0 Å². The molecule has 1 fully saturated rings. The van der Waals surface area contributed by atoms with Crippen molar-refractivity contribution in [1.82, 2.24) is 0 Å². The molecule has 0 heterocycles. The standard InChI is InChI=1S/C29H39F3/c1-3-4-5-6-7-8-9-22-10-12-23(13-11-22)24-14-16-25(17-15-24)26-18-20-27(21-19-26)28(30)29(2,31)32/h14-23,28H,3-13H2,1-2H3. The van der Waals surface area contributed by atoms with Crippen molar-refractivity contribution in [2.45, 2.75) is 102 Å². The Labute approximate surface area is 192 Å². The maximum Gasteiger partial charge on any atom is 0.280 e. The van der Waals surface area contributed by atoms with Crippen LogP contribution in [0.5, 0.6) is 0 Å². The molecular weight excluding hydrogens is 405 g/mol. The summed E-state index contributed by atoms with van der Waals surface area (Å²) in [5, 5.41) is 0. The number of hydrogen-bond donors (Lipinski definition) is 0. The van der Waals surface area contributed by atoms with Crippen molar-refractivity contribution in [3.63, 3.8) is 0 Å². The second-order valence-corrected chi connectivity index (χ2v) is 9.84. The Morgan fingerprint density at radius 3 is 1.88 bits per heavy atom. The minimum absolute atomic E-state index is 0.0237. The van der Waals surface area contributed by atoms with Crippen molar-refractivity contribution < 1.29 is 13.2 Å². The molecule has 1 aliphatic rings. The van der Waals surface area contributed by atoms with Gasteiger partial charge in [0, 0.05) is 6.92 Å². The van der Waals surface area contributed by atoms with Gasteiger partial charge in [0.25, 0.3) is 5.92 Å². The second kappa shape index (κ2) is 11.9. The highest BCUT2D eigenvalue weighted by Gasteiger charge is 2.35. The lowest BCUT2D eigenvalue weighted by Gasteiger charge is -2.29. The van der Waals surface area contributed by atoms with Gasteiger partial charge in [0.2, 0.25) is 0 Å². The molecule has 0 bridgehead atoms. The third-order valence-electron chi connectivity index (χ3n) is 7.18. The topological polar surface area (TPSA) is 0 Å². The average molecular weight is 445 g/mol. The van der Waals surface area contributed by atoms with E-state index in [2.05, 4.69) is 31.2 Å². The van der Waals surface area contributed by atoms with E-state index in [-0.39, 0.29) is 5.56 Å². The quantitative estimate of drug-likeness (QED) is 0.302. The highest BCUT2D eigenvalue weighted by molar-refractivity contribution is 5.64. The zero-order valence-corrected chi connectivity index (χ0v) is 19.8. The summed E-state index contributed by atoms with van der Waals surface area (Å²) in [4.78, 5) is 0. The lowest BCUT2D eigenvalue weighted by molar-refractivity contribution is -0.0566. The Hall–Kier alpha value is -1.77. The maximum atomic E-state index is 13.8. The Balaban J connectivity index is 1.47. The molecule has 0 amide bonds. The summed E-state index contributed by atoms with van der Waals surface area (Å²) in [6.07, 6.45) is 12.7. The second-order valence-electron chi connectivity index (χ2n) is 9.84. The minimum Gasteiger partial charge on any atom is -0.236 e. The first-order valence-corrected chi connectivity index (χ1v) is 12.6. The Kier molecular flexibility index (Phi) is 9.25. The fourth-order valence-corrected chi connectivity index (χ4v) is 5.08.